The van der Waals surface area contributed by atoms with Crippen LogP contribution in [0.2, 0.25) is 0 Å². The average molecular weight is 474 g/mol. The van der Waals surface area contributed by atoms with Crippen LogP contribution in [0.3, 0.4) is 0 Å². The Morgan fingerprint density at radius 3 is 2.35 bits per heavy atom. The summed E-state index contributed by atoms with van der Waals surface area (Å²) in [6, 6.07) is 7.00. The van der Waals surface area contributed by atoms with Gasteiger partial charge in [-0.25, -0.2) is 4.79 Å². The first-order valence-electron chi connectivity index (χ1n) is 13.6. The largest absolute Gasteiger partial charge is 0.444 e. The summed E-state index contributed by atoms with van der Waals surface area (Å²) >= 11 is 0. The molecule has 5 heteroatoms. The van der Waals surface area contributed by atoms with Gasteiger partial charge in [0.2, 0.25) is 0 Å². The number of carbonyl (C=O) groups excluding carboxylic acids is 1. The molecule has 1 aliphatic heterocycles. The van der Waals surface area contributed by atoms with Crippen LogP contribution in [0.4, 0.5) is 4.79 Å². The normalized spacial score (nSPS) is 19.2. The molecule has 1 unspecified atom stereocenters. The highest BCUT2D eigenvalue weighted by Gasteiger charge is 2.45. The summed E-state index contributed by atoms with van der Waals surface area (Å²) in [6.07, 6.45) is 7.55. The van der Waals surface area contributed by atoms with E-state index in [1.54, 1.807) is 0 Å². The minimum Gasteiger partial charge on any atom is -0.444 e. The van der Waals surface area contributed by atoms with E-state index >= 15 is 0 Å². The molecule has 1 atom stereocenters. The molecule has 1 aromatic rings. The fourth-order valence-corrected chi connectivity index (χ4v) is 4.88. The summed E-state index contributed by atoms with van der Waals surface area (Å²) < 4.78 is 5.74. The highest BCUT2D eigenvalue weighted by molar-refractivity contribution is 5.69. The maximum atomic E-state index is 13.1. The fraction of sp³-hybridized carbons (Fsp3) is 0.759. The van der Waals surface area contributed by atoms with Gasteiger partial charge in [0, 0.05) is 13.1 Å². The Hall–Kier alpha value is -1.59. The third kappa shape index (κ3) is 8.57. The smallest absolute Gasteiger partial charge is 0.409 e. The van der Waals surface area contributed by atoms with Crippen molar-refractivity contribution in [3.05, 3.63) is 34.9 Å². The summed E-state index contributed by atoms with van der Waals surface area (Å²) in [4.78, 5) is 15.5. The number of rotatable bonds is 12. The molecule has 0 saturated carbocycles. The monoisotopic (exact) mass is 473 g/mol. The number of hydrogen-bond acceptors (Lipinski definition) is 4. The quantitative estimate of drug-likeness (QED) is 0.359. The lowest BCUT2D eigenvalue weighted by Crippen LogP contribution is -2.58. The van der Waals surface area contributed by atoms with E-state index < -0.39 is 11.3 Å². The molecule has 1 saturated heterocycles. The molecule has 0 aromatic heterocycles. The Balaban J connectivity index is 2.47. The van der Waals surface area contributed by atoms with E-state index in [1.807, 2.05) is 20.8 Å². The van der Waals surface area contributed by atoms with Crippen LogP contribution in [0.1, 0.15) is 104 Å². The van der Waals surface area contributed by atoms with E-state index in [9.17, 15) is 4.79 Å². The molecule has 2 rings (SSSR count). The molecule has 5 nitrogen and oxygen atoms in total. The molecule has 0 bridgehead atoms. The van der Waals surface area contributed by atoms with Gasteiger partial charge >= 0.3 is 6.09 Å². The maximum Gasteiger partial charge on any atom is 0.409 e. The van der Waals surface area contributed by atoms with Gasteiger partial charge in [-0.3, -0.25) is 10.2 Å². The van der Waals surface area contributed by atoms with Gasteiger partial charge in [0.25, 0.3) is 0 Å². The van der Waals surface area contributed by atoms with Crippen LogP contribution in [-0.4, -0.2) is 36.4 Å². The maximum absolute atomic E-state index is 13.1. The van der Waals surface area contributed by atoms with E-state index in [0.29, 0.717) is 18.4 Å². The van der Waals surface area contributed by atoms with Crippen molar-refractivity contribution < 1.29 is 9.53 Å². The topological polar surface area (TPSA) is 53.6 Å². The van der Waals surface area contributed by atoms with Crippen LogP contribution >= 0.6 is 0 Å². The Bertz CT molecular complexity index is 769. The van der Waals surface area contributed by atoms with Crippen molar-refractivity contribution >= 4 is 6.09 Å². The second-order valence-corrected chi connectivity index (χ2v) is 11.9. The van der Waals surface area contributed by atoms with Crippen LogP contribution in [0.15, 0.2) is 18.2 Å². The number of hydrogen-bond donors (Lipinski definition) is 2. The Morgan fingerprint density at radius 2 is 1.76 bits per heavy atom. The number of aryl methyl sites for hydroxylation is 2. The van der Waals surface area contributed by atoms with Gasteiger partial charge in [0.15, 0.2) is 0 Å². The predicted molar refractivity (Wildman–Crippen MR) is 143 cm³/mol. The molecular formula is C29H51N3O2. The number of alkyl carbamates (subject to hydrolysis) is 1. The third-order valence-electron chi connectivity index (χ3n) is 6.52. The molecular weight excluding hydrogens is 422 g/mol. The lowest BCUT2D eigenvalue weighted by Gasteiger charge is -2.40. The Kier molecular flexibility index (Phi) is 10.9. The van der Waals surface area contributed by atoms with Crippen molar-refractivity contribution in [2.75, 3.05) is 19.8 Å². The number of ether oxygens (including phenoxy) is 1. The molecule has 1 aliphatic rings. The first-order chi connectivity index (χ1) is 16.0. The molecule has 1 fully saturated rings. The first kappa shape index (κ1) is 28.6. The predicted octanol–water partition coefficient (Wildman–Crippen LogP) is 6.59. The molecule has 0 radical (unpaired) electrons. The zero-order valence-electron chi connectivity index (χ0n) is 23.2. The molecule has 34 heavy (non-hydrogen) atoms. The summed E-state index contributed by atoms with van der Waals surface area (Å²) in [5.74, 6) is 1.41. The molecule has 1 heterocycles. The number of carbonyl (C=O) groups is 1. The van der Waals surface area contributed by atoms with Crippen LogP contribution in [0.5, 0.6) is 0 Å². The SMILES string of the molecule is CCCN1CNCC1(NC(=O)OC(C)(C)C)c1cc(CCCC(C)C)ccc1CCCC(C)C. The van der Waals surface area contributed by atoms with E-state index in [-0.39, 0.29) is 6.09 Å². The Morgan fingerprint density at radius 1 is 1.12 bits per heavy atom. The zero-order valence-corrected chi connectivity index (χ0v) is 23.2. The van der Waals surface area contributed by atoms with Crippen molar-refractivity contribution in [1.29, 1.82) is 0 Å². The van der Waals surface area contributed by atoms with E-state index in [1.165, 1.54) is 36.0 Å². The molecule has 0 spiro atoms. The van der Waals surface area contributed by atoms with E-state index in [4.69, 9.17) is 4.74 Å². The van der Waals surface area contributed by atoms with Crippen LogP contribution < -0.4 is 10.6 Å². The van der Waals surface area contributed by atoms with Crippen LogP contribution in [0.25, 0.3) is 0 Å². The van der Waals surface area contributed by atoms with Crippen molar-refractivity contribution in [3.8, 4) is 0 Å². The van der Waals surface area contributed by atoms with Crippen molar-refractivity contribution in [2.45, 2.75) is 112 Å². The van der Waals surface area contributed by atoms with Gasteiger partial charge < -0.3 is 10.1 Å². The van der Waals surface area contributed by atoms with Crippen molar-refractivity contribution in [1.82, 2.24) is 15.5 Å². The second kappa shape index (κ2) is 12.9. The van der Waals surface area contributed by atoms with Gasteiger partial charge in [-0.05, 0) is 81.4 Å². The van der Waals surface area contributed by atoms with Gasteiger partial charge in [-0.1, -0.05) is 65.7 Å². The fourth-order valence-electron chi connectivity index (χ4n) is 4.88. The summed E-state index contributed by atoms with van der Waals surface area (Å²) in [5.41, 5.74) is 2.80. The first-order valence-corrected chi connectivity index (χ1v) is 13.6. The van der Waals surface area contributed by atoms with Crippen molar-refractivity contribution in [3.63, 3.8) is 0 Å². The lowest BCUT2D eigenvalue weighted by molar-refractivity contribution is 0.0284. The van der Waals surface area contributed by atoms with Gasteiger partial charge in [-0.15, -0.1) is 0 Å². The van der Waals surface area contributed by atoms with Crippen molar-refractivity contribution in [2.24, 2.45) is 11.8 Å². The van der Waals surface area contributed by atoms with Gasteiger partial charge in [-0.2, -0.15) is 0 Å². The van der Waals surface area contributed by atoms with Crippen LogP contribution in [-0.2, 0) is 23.2 Å². The molecule has 1 amide bonds. The lowest BCUT2D eigenvalue weighted by atomic mass is 9.87. The minimum atomic E-state index is -0.598. The Labute approximate surface area is 209 Å². The van der Waals surface area contributed by atoms with Crippen LogP contribution in [0, 0.1) is 11.8 Å². The number of nitrogens with zero attached hydrogens (tertiary/aromatic N) is 1. The van der Waals surface area contributed by atoms with Gasteiger partial charge in [0.05, 0.1) is 6.67 Å². The number of nitrogens with one attached hydrogen (secondary N) is 2. The summed E-state index contributed by atoms with van der Waals surface area (Å²) in [6.45, 7) is 19.4. The summed E-state index contributed by atoms with van der Waals surface area (Å²) in [7, 11) is 0. The van der Waals surface area contributed by atoms with E-state index in [0.717, 1.165) is 38.9 Å². The summed E-state index contributed by atoms with van der Waals surface area (Å²) in [5, 5.41) is 6.89. The third-order valence-corrected chi connectivity index (χ3v) is 6.52. The number of benzene rings is 1. The average Bonchev–Trinajstić information content (AvgIpc) is 3.10. The standard InChI is InChI=1S/C29H51N3O2/c1-9-18-32-21-30-20-29(32,31-27(33)34-28(6,7)8)26-19-24(14-10-12-22(2)3)16-17-25(26)15-11-13-23(4)5/h16-17,19,22-23,30H,9-15,18,20-21H2,1-8H3,(H,31,33). The molecule has 194 valence electrons. The second-order valence-electron chi connectivity index (χ2n) is 11.9. The highest BCUT2D eigenvalue weighted by atomic mass is 16.6. The molecule has 2 N–H and O–H groups in total. The van der Waals surface area contributed by atoms with Gasteiger partial charge in [0.1, 0.15) is 11.3 Å². The zero-order chi connectivity index (χ0) is 25.4. The number of amides is 1. The highest BCUT2D eigenvalue weighted by Crippen LogP contribution is 2.34. The molecule has 0 aliphatic carbocycles. The molecule has 1 aromatic carbocycles. The van der Waals surface area contributed by atoms with E-state index in [2.05, 4.69) is 68.4 Å². The minimum absolute atomic E-state index is 0.351.